The van der Waals surface area contributed by atoms with Crippen LogP contribution in [-0.2, 0) is 6.54 Å². The van der Waals surface area contributed by atoms with Crippen LogP contribution < -0.4 is 9.47 Å². The second-order valence-corrected chi connectivity index (χ2v) is 10.6. The third kappa shape index (κ3) is 5.63. The van der Waals surface area contributed by atoms with Gasteiger partial charge in [0.15, 0.2) is 11.5 Å². The summed E-state index contributed by atoms with van der Waals surface area (Å²) >= 11 is 0. The van der Waals surface area contributed by atoms with Crippen LogP contribution in [0, 0.1) is 16.7 Å². The van der Waals surface area contributed by atoms with E-state index in [0.717, 1.165) is 43.3 Å². The van der Waals surface area contributed by atoms with Gasteiger partial charge in [-0.2, -0.15) is 0 Å². The number of carbonyl (C=O) groups is 1. The Morgan fingerprint density at radius 3 is 2.58 bits per heavy atom. The van der Waals surface area contributed by atoms with Crippen molar-refractivity contribution >= 4 is 17.1 Å². The summed E-state index contributed by atoms with van der Waals surface area (Å²) in [5.74, 6) is 1.75. The summed E-state index contributed by atoms with van der Waals surface area (Å²) in [4.78, 5) is 18.0. The van der Waals surface area contributed by atoms with Gasteiger partial charge < -0.3 is 24.0 Å². The van der Waals surface area contributed by atoms with E-state index in [9.17, 15) is 9.90 Å². The summed E-state index contributed by atoms with van der Waals surface area (Å²) in [6, 6.07) is 3.90. The number of imidazole rings is 1. The number of fused-ring (bicyclic) bond motifs is 1. The molecule has 3 rings (SSSR count). The maximum atomic E-state index is 11.8. The Morgan fingerprint density at radius 1 is 1.29 bits per heavy atom. The van der Waals surface area contributed by atoms with Gasteiger partial charge in [-0.25, -0.2) is 9.78 Å². The van der Waals surface area contributed by atoms with E-state index in [1.165, 1.54) is 0 Å². The van der Waals surface area contributed by atoms with Crippen molar-refractivity contribution < 1.29 is 19.4 Å². The van der Waals surface area contributed by atoms with Gasteiger partial charge in [0.05, 0.1) is 31.6 Å². The zero-order valence-electron chi connectivity index (χ0n) is 19.8. The van der Waals surface area contributed by atoms with Crippen LogP contribution in [0.15, 0.2) is 18.5 Å². The number of benzene rings is 1. The van der Waals surface area contributed by atoms with Crippen molar-refractivity contribution in [2.75, 3.05) is 27.3 Å². The summed E-state index contributed by atoms with van der Waals surface area (Å²) in [7, 11) is 3.27. The van der Waals surface area contributed by atoms with Crippen LogP contribution in [0.1, 0.15) is 53.4 Å². The first-order chi connectivity index (χ1) is 14.5. The molecule has 0 radical (unpaired) electrons. The Labute approximate surface area is 185 Å². The first kappa shape index (κ1) is 23.2. The fourth-order valence-electron chi connectivity index (χ4n) is 5.03. The number of aromatic nitrogens is 2. The fourth-order valence-corrected chi connectivity index (χ4v) is 5.03. The number of carboxylic acid groups (broad SMARTS) is 1. The van der Waals surface area contributed by atoms with E-state index >= 15 is 0 Å². The Bertz CT molecular complexity index is 917. The van der Waals surface area contributed by atoms with Crippen LogP contribution in [0.4, 0.5) is 4.79 Å². The minimum Gasteiger partial charge on any atom is -0.493 e. The molecule has 31 heavy (non-hydrogen) atoms. The van der Waals surface area contributed by atoms with Gasteiger partial charge in [0.25, 0.3) is 0 Å². The molecule has 0 saturated heterocycles. The Kier molecular flexibility index (Phi) is 6.72. The molecular formula is C24H37N3O4. The quantitative estimate of drug-likeness (QED) is 0.646. The van der Waals surface area contributed by atoms with Gasteiger partial charge >= 0.3 is 6.09 Å². The Balaban J connectivity index is 1.76. The average molecular weight is 432 g/mol. The monoisotopic (exact) mass is 431 g/mol. The highest BCUT2D eigenvalue weighted by molar-refractivity contribution is 5.80. The lowest BCUT2D eigenvalue weighted by Gasteiger charge is -2.40. The molecule has 1 aliphatic rings. The molecule has 1 heterocycles. The maximum absolute atomic E-state index is 11.8. The molecule has 1 N–H and O–H groups in total. The van der Waals surface area contributed by atoms with Crippen molar-refractivity contribution in [3.05, 3.63) is 18.5 Å². The van der Waals surface area contributed by atoms with Crippen LogP contribution >= 0.6 is 0 Å². The second-order valence-electron chi connectivity index (χ2n) is 10.6. The van der Waals surface area contributed by atoms with Crippen molar-refractivity contribution in [2.24, 2.45) is 16.7 Å². The molecule has 2 atom stereocenters. The summed E-state index contributed by atoms with van der Waals surface area (Å²) in [5, 5.41) is 9.71. The largest absolute Gasteiger partial charge is 0.493 e. The molecule has 2 aromatic rings. The number of nitrogens with zero attached hydrogens (tertiary/aromatic N) is 3. The molecule has 7 nitrogen and oxygen atoms in total. The summed E-state index contributed by atoms with van der Waals surface area (Å²) in [5.41, 5.74) is 1.96. The molecule has 0 spiro atoms. The summed E-state index contributed by atoms with van der Waals surface area (Å²) in [6.07, 6.45) is 5.41. The zero-order valence-corrected chi connectivity index (χ0v) is 19.8. The predicted molar refractivity (Wildman–Crippen MR) is 122 cm³/mol. The van der Waals surface area contributed by atoms with Gasteiger partial charge in [0, 0.05) is 31.8 Å². The lowest BCUT2D eigenvalue weighted by Crippen LogP contribution is -2.42. The van der Waals surface area contributed by atoms with Crippen molar-refractivity contribution in [1.82, 2.24) is 14.5 Å². The highest BCUT2D eigenvalue weighted by Crippen LogP contribution is 2.42. The van der Waals surface area contributed by atoms with Crippen molar-refractivity contribution in [3.63, 3.8) is 0 Å². The first-order valence-corrected chi connectivity index (χ1v) is 11.1. The molecule has 1 saturated carbocycles. The maximum Gasteiger partial charge on any atom is 0.407 e. The number of methoxy groups -OCH3 is 2. The summed E-state index contributed by atoms with van der Waals surface area (Å²) < 4.78 is 13.1. The Morgan fingerprint density at radius 2 is 1.97 bits per heavy atom. The molecule has 172 valence electrons. The van der Waals surface area contributed by atoms with Crippen molar-refractivity contribution in [2.45, 2.75) is 59.9 Å². The average Bonchev–Trinajstić information content (AvgIpc) is 3.06. The number of ether oxygens (including phenoxy) is 2. The van der Waals surface area contributed by atoms with Gasteiger partial charge in [-0.1, -0.05) is 34.1 Å². The third-order valence-corrected chi connectivity index (χ3v) is 6.27. The SMILES string of the molecule is COc1cc2ncn(CC3(C)CCCC(CN(CC(C)(C)C)C(=O)O)C3)c2cc1OC. The molecular weight excluding hydrogens is 394 g/mol. The Hall–Kier alpha value is -2.44. The number of hydrogen-bond donors (Lipinski definition) is 1. The van der Waals surface area contributed by atoms with Gasteiger partial charge in [0.2, 0.25) is 0 Å². The lowest BCUT2D eigenvalue weighted by molar-refractivity contribution is 0.0824. The highest BCUT2D eigenvalue weighted by atomic mass is 16.5. The molecule has 7 heteroatoms. The molecule has 0 aliphatic heterocycles. The van der Waals surface area contributed by atoms with Gasteiger partial charge in [-0.05, 0) is 36.0 Å². The number of rotatable bonds is 7. The minimum absolute atomic E-state index is 0.0494. The van der Waals surface area contributed by atoms with E-state index in [1.807, 2.05) is 18.5 Å². The van der Waals surface area contributed by atoms with E-state index < -0.39 is 6.09 Å². The third-order valence-electron chi connectivity index (χ3n) is 6.27. The molecule has 2 unspecified atom stereocenters. The fraction of sp³-hybridized carbons (Fsp3) is 0.667. The van der Waals surface area contributed by atoms with Crippen LogP contribution in [0.5, 0.6) is 11.5 Å². The van der Waals surface area contributed by atoms with E-state index in [2.05, 4.69) is 37.2 Å². The highest BCUT2D eigenvalue weighted by Gasteiger charge is 2.35. The predicted octanol–water partition coefficient (Wildman–Crippen LogP) is 5.28. The van der Waals surface area contributed by atoms with Crippen LogP contribution in [0.25, 0.3) is 11.0 Å². The molecule has 1 aromatic heterocycles. The molecule has 1 aromatic carbocycles. The second kappa shape index (κ2) is 8.97. The van der Waals surface area contributed by atoms with Crippen LogP contribution in [-0.4, -0.2) is 53.0 Å². The van der Waals surface area contributed by atoms with Gasteiger partial charge in [-0.3, -0.25) is 0 Å². The normalized spacial score (nSPS) is 21.8. The molecule has 1 amide bonds. The van der Waals surface area contributed by atoms with Gasteiger partial charge in [0.1, 0.15) is 0 Å². The molecule has 1 fully saturated rings. The van der Waals surface area contributed by atoms with Crippen LogP contribution in [0.3, 0.4) is 0 Å². The van der Waals surface area contributed by atoms with Gasteiger partial charge in [-0.15, -0.1) is 0 Å². The van der Waals surface area contributed by atoms with Crippen LogP contribution in [0.2, 0.25) is 0 Å². The lowest BCUT2D eigenvalue weighted by atomic mass is 9.70. The van der Waals surface area contributed by atoms with Crippen molar-refractivity contribution in [1.29, 1.82) is 0 Å². The number of hydrogen-bond acceptors (Lipinski definition) is 4. The molecule has 1 aliphatic carbocycles. The standard InChI is InChI=1S/C24H37N3O4/c1-23(2,3)14-26(22(28)29)13-17-8-7-9-24(4,12-17)15-27-16-25-18-10-20(30-5)21(31-6)11-19(18)27/h10-11,16-17H,7-9,12-15H2,1-6H3,(H,28,29). The smallest absolute Gasteiger partial charge is 0.407 e. The summed E-state index contributed by atoms with van der Waals surface area (Å²) in [6.45, 7) is 10.6. The molecule has 0 bridgehead atoms. The van der Waals surface area contributed by atoms with E-state index in [4.69, 9.17) is 9.47 Å². The number of amides is 1. The van der Waals surface area contributed by atoms with E-state index in [0.29, 0.717) is 30.5 Å². The van der Waals surface area contributed by atoms with Crippen molar-refractivity contribution in [3.8, 4) is 11.5 Å². The van der Waals surface area contributed by atoms with E-state index in [1.54, 1.807) is 19.1 Å². The minimum atomic E-state index is -0.816. The topological polar surface area (TPSA) is 76.8 Å². The first-order valence-electron chi connectivity index (χ1n) is 11.1. The van der Waals surface area contributed by atoms with E-state index in [-0.39, 0.29) is 10.8 Å². The zero-order chi connectivity index (χ0) is 22.8.